The normalized spacial score (nSPS) is 11.1. The van der Waals surface area contributed by atoms with Crippen molar-refractivity contribution in [2.45, 2.75) is 13.3 Å². The average Bonchev–Trinajstić information content (AvgIpc) is 3.29. The second-order valence-corrected chi connectivity index (χ2v) is 5.79. The molecule has 4 aromatic rings. The second-order valence-electron chi connectivity index (χ2n) is 5.79. The highest BCUT2D eigenvalue weighted by atomic mass is 16.5. The third kappa shape index (κ3) is 2.99. The van der Waals surface area contributed by atoms with Crippen LogP contribution in [0.25, 0.3) is 16.6 Å². The molecule has 7 nitrogen and oxygen atoms in total. The third-order valence-corrected chi connectivity index (χ3v) is 4.11. The summed E-state index contributed by atoms with van der Waals surface area (Å²) >= 11 is 0. The number of nitrogens with zero attached hydrogens (tertiary/aromatic N) is 3. The van der Waals surface area contributed by atoms with Gasteiger partial charge in [0.2, 0.25) is 0 Å². The molecule has 0 unspecified atom stereocenters. The number of rotatable bonds is 6. The molecule has 7 heteroatoms. The minimum atomic E-state index is -0.182. The van der Waals surface area contributed by atoms with Crippen molar-refractivity contribution >= 4 is 22.5 Å². The predicted molar refractivity (Wildman–Crippen MR) is 96.4 cm³/mol. The summed E-state index contributed by atoms with van der Waals surface area (Å²) in [6, 6.07) is 11.0. The van der Waals surface area contributed by atoms with Crippen molar-refractivity contribution in [3.63, 3.8) is 0 Å². The Morgan fingerprint density at radius 3 is 3.08 bits per heavy atom. The van der Waals surface area contributed by atoms with Crippen molar-refractivity contribution in [2.24, 2.45) is 0 Å². The van der Waals surface area contributed by atoms with E-state index in [1.165, 1.54) is 0 Å². The van der Waals surface area contributed by atoms with Crippen LogP contribution in [0.15, 0.2) is 53.3 Å². The van der Waals surface area contributed by atoms with Crippen LogP contribution in [0.4, 0.5) is 0 Å². The fourth-order valence-electron chi connectivity index (χ4n) is 2.90. The van der Waals surface area contributed by atoms with Gasteiger partial charge in [0.25, 0.3) is 5.91 Å². The maximum Gasteiger partial charge on any atom is 0.251 e. The standard InChI is InChI=1S/C19H18N4O3/c1-2-25-15-11-13(12-16-14(15)7-10-26-16)19(24)20-8-6-18-22-21-17-5-3-4-9-23(17)18/h3-5,7,9-12H,2,6,8H2,1H3,(H,20,24). The first kappa shape index (κ1) is 16.1. The number of hydrogen-bond donors (Lipinski definition) is 1. The number of carbonyl (C=O) groups is 1. The van der Waals surface area contributed by atoms with Gasteiger partial charge in [-0.05, 0) is 37.3 Å². The van der Waals surface area contributed by atoms with Crippen molar-refractivity contribution in [1.82, 2.24) is 19.9 Å². The summed E-state index contributed by atoms with van der Waals surface area (Å²) < 4.78 is 13.0. The van der Waals surface area contributed by atoms with Gasteiger partial charge in [-0.15, -0.1) is 10.2 Å². The quantitative estimate of drug-likeness (QED) is 0.578. The first-order valence-corrected chi connectivity index (χ1v) is 8.47. The highest BCUT2D eigenvalue weighted by molar-refractivity contribution is 5.99. The number of benzene rings is 1. The number of nitrogens with one attached hydrogen (secondary N) is 1. The van der Waals surface area contributed by atoms with E-state index in [0.717, 1.165) is 16.9 Å². The van der Waals surface area contributed by atoms with Crippen molar-refractivity contribution in [1.29, 1.82) is 0 Å². The second kappa shape index (κ2) is 6.87. The Morgan fingerprint density at radius 1 is 1.27 bits per heavy atom. The average molecular weight is 350 g/mol. The molecule has 0 aliphatic carbocycles. The Balaban J connectivity index is 1.47. The summed E-state index contributed by atoms with van der Waals surface area (Å²) in [6.45, 7) is 2.88. The first-order valence-electron chi connectivity index (χ1n) is 8.47. The third-order valence-electron chi connectivity index (χ3n) is 4.11. The lowest BCUT2D eigenvalue weighted by Gasteiger charge is -2.08. The van der Waals surface area contributed by atoms with E-state index in [1.807, 2.05) is 41.8 Å². The molecule has 4 rings (SSSR count). The molecule has 132 valence electrons. The number of furan rings is 1. The number of carbonyl (C=O) groups excluding carboxylic acids is 1. The Morgan fingerprint density at radius 2 is 2.19 bits per heavy atom. The van der Waals surface area contributed by atoms with Crippen LogP contribution in [0, 0.1) is 0 Å². The fourth-order valence-corrected chi connectivity index (χ4v) is 2.90. The smallest absolute Gasteiger partial charge is 0.251 e. The minimum Gasteiger partial charge on any atom is -0.493 e. The maximum atomic E-state index is 12.5. The SMILES string of the molecule is CCOc1cc(C(=O)NCCc2nnc3ccccn23)cc2occc12. The van der Waals surface area contributed by atoms with Crippen molar-refractivity contribution in [3.8, 4) is 5.75 Å². The van der Waals surface area contributed by atoms with Crippen LogP contribution in [0.5, 0.6) is 5.75 Å². The molecule has 1 aromatic carbocycles. The molecule has 0 aliphatic rings. The van der Waals surface area contributed by atoms with Crippen LogP contribution in [-0.2, 0) is 6.42 Å². The Bertz CT molecular complexity index is 1070. The molecular weight excluding hydrogens is 332 g/mol. The van der Waals surface area contributed by atoms with Crippen molar-refractivity contribution < 1.29 is 13.9 Å². The molecule has 3 aromatic heterocycles. The summed E-state index contributed by atoms with van der Waals surface area (Å²) in [7, 11) is 0. The molecule has 0 fully saturated rings. The van der Waals surface area contributed by atoms with Gasteiger partial charge in [-0.2, -0.15) is 0 Å². The molecule has 0 saturated carbocycles. The van der Waals surface area contributed by atoms with Gasteiger partial charge in [0.15, 0.2) is 5.65 Å². The van der Waals surface area contributed by atoms with Gasteiger partial charge in [-0.1, -0.05) is 6.07 Å². The van der Waals surface area contributed by atoms with Gasteiger partial charge in [0.1, 0.15) is 17.2 Å². The minimum absolute atomic E-state index is 0.182. The van der Waals surface area contributed by atoms with E-state index in [0.29, 0.717) is 36.5 Å². The van der Waals surface area contributed by atoms with E-state index in [2.05, 4.69) is 15.5 Å². The lowest BCUT2D eigenvalue weighted by Crippen LogP contribution is -2.26. The van der Waals surface area contributed by atoms with Gasteiger partial charge in [-0.3, -0.25) is 9.20 Å². The zero-order valence-electron chi connectivity index (χ0n) is 14.3. The molecule has 1 amide bonds. The zero-order valence-corrected chi connectivity index (χ0v) is 14.3. The van der Waals surface area contributed by atoms with E-state index in [-0.39, 0.29) is 5.91 Å². The number of fused-ring (bicyclic) bond motifs is 2. The molecule has 26 heavy (non-hydrogen) atoms. The van der Waals surface area contributed by atoms with E-state index < -0.39 is 0 Å². The maximum absolute atomic E-state index is 12.5. The summed E-state index contributed by atoms with van der Waals surface area (Å²) in [5, 5.41) is 12.0. The molecule has 0 saturated heterocycles. The first-order chi connectivity index (χ1) is 12.8. The van der Waals surface area contributed by atoms with Gasteiger partial charge in [0, 0.05) is 24.7 Å². The van der Waals surface area contributed by atoms with E-state index >= 15 is 0 Å². The Hall–Kier alpha value is -3.35. The largest absolute Gasteiger partial charge is 0.493 e. The highest BCUT2D eigenvalue weighted by Crippen LogP contribution is 2.28. The predicted octanol–water partition coefficient (Wildman–Crippen LogP) is 2.85. The summed E-state index contributed by atoms with van der Waals surface area (Å²) in [5.41, 5.74) is 1.92. The lowest BCUT2D eigenvalue weighted by molar-refractivity contribution is 0.0953. The molecular formula is C19H18N4O3. The van der Waals surface area contributed by atoms with E-state index in [1.54, 1.807) is 18.4 Å². The molecule has 0 bridgehead atoms. The Labute approximate surface area is 149 Å². The van der Waals surface area contributed by atoms with Crippen LogP contribution in [-0.4, -0.2) is 33.7 Å². The molecule has 1 N–H and O–H groups in total. The van der Waals surface area contributed by atoms with Crippen LogP contribution >= 0.6 is 0 Å². The number of ether oxygens (including phenoxy) is 1. The Kier molecular flexibility index (Phi) is 4.27. The summed E-state index contributed by atoms with van der Waals surface area (Å²) in [5.74, 6) is 1.27. The molecule has 0 radical (unpaired) electrons. The topological polar surface area (TPSA) is 81.7 Å². The fraction of sp³-hybridized carbons (Fsp3) is 0.211. The van der Waals surface area contributed by atoms with Gasteiger partial charge in [-0.25, -0.2) is 0 Å². The highest BCUT2D eigenvalue weighted by Gasteiger charge is 2.13. The zero-order chi connectivity index (χ0) is 17.9. The van der Waals surface area contributed by atoms with Crippen LogP contribution in [0.2, 0.25) is 0 Å². The lowest BCUT2D eigenvalue weighted by atomic mass is 10.1. The van der Waals surface area contributed by atoms with Crippen LogP contribution in [0.1, 0.15) is 23.1 Å². The monoisotopic (exact) mass is 350 g/mol. The number of amides is 1. The van der Waals surface area contributed by atoms with Gasteiger partial charge < -0.3 is 14.5 Å². The van der Waals surface area contributed by atoms with Crippen LogP contribution in [0.3, 0.4) is 0 Å². The number of aromatic nitrogens is 3. The summed E-state index contributed by atoms with van der Waals surface area (Å²) in [6.07, 6.45) is 4.08. The van der Waals surface area contributed by atoms with E-state index in [9.17, 15) is 4.79 Å². The molecule has 3 heterocycles. The number of pyridine rings is 1. The molecule has 0 atom stereocenters. The van der Waals surface area contributed by atoms with Gasteiger partial charge in [0.05, 0.1) is 18.3 Å². The van der Waals surface area contributed by atoms with Crippen LogP contribution < -0.4 is 10.1 Å². The van der Waals surface area contributed by atoms with Gasteiger partial charge >= 0.3 is 0 Å². The van der Waals surface area contributed by atoms with E-state index in [4.69, 9.17) is 9.15 Å². The van der Waals surface area contributed by atoms with Crippen molar-refractivity contribution in [2.75, 3.05) is 13.2 Å². The molecule has 0 aliphatic heterocycles. The van der Waals surface area contributed by atoms with Crippen molar-refractivity contribution in [3.05, 3.63) is 60.2 Å². The number of hydrogen-bond acceptors (Lipinski definition) is 5. The molecule has 0 spiro atoms. The summed E-state index contributed by atoms with van der Waals surface area (Å²) in [4.78, 5) is 12.5.